The van der Waals surface area contributed by atoms with Crippen LogP contribution in [0.5, 0.6) is 0 Å². The number of hydrogen-bond acceptors (Lipinski definition) is 3. The average Bonchev–Trinajstić information content (AvgIpc) is 2.77. The maximum absolute atomic E-state index is 12.2. The fraction of sp³-hybridized carbons (Fsp3) is 0.444. The lowest BCUT2D eigenvalue weighted by Crippen LogP contribution is -2.53. The largest absolute Gasteiger partial charge is 0.389 e. The molecule has 0 aromatic heterocycles. The van der Waals surface area contributed by atoms with E-state index in [1.54, 1.807) is 6.92 Å². The number of allylic oxidation sites excluding steroid dienone is 1. The highest BCUT2D eigenvalue weighted by atomic mass is 16.3. The summed E-state index contributed by atoms with van der Waals surface area (Å²) in [7, 11) is 0. The van der Waals surface area contributed by atoms with Gasteiger partial charge in [0.25, 0.3) is 0 Å². The second-order valence-corrected chi connectivity index (χ2v) is 6.63. The number of aliphatic hydroxyl groups is 1. The highest BCUT2D eigenvalue weighted by molar-refractivity contribution is 6.21. The molecule has 1 atom stereocenters. The average molecular weight is 284 g/mol. The molecule has 2 aliphatic rings. The van der Waals surface area contributed by atoms with Crippen LogP contribution in [0.3, 0.4) is 0 Å². The molecule has 0 radical (unpaired) electrons. The summed E-state index contributed by atoms with van der Waals surface area (Å²) in [6, 6.07) is 8.12. The number of hydrogen-bond donors (Lipinski definition) is 1. The number of carbonyl (C=O) groups is 2. The quantitative estimate of drug-likeness (QED) is 0.806. The van der Waals surface area contributed by atoms with Crippen LogP contribution in [0.25, 0.3) is 0 Å². The molecular formula is C18H20O3. The van der Waals surface area contributed by atoms with Gasteiger partial charge in [-0.3, -0.25) is 9.59 Å². The van der Waals surface area contributed by atoms with Crippen LogP contribution in [0.1, 0.15) is 38.3 Å². The Bertz CT molecular complexity index is 654. The Hall–Kier alpha value is -1.74. The number of benzene rings is 1. The van der Waals surface area contributed by atoms with Crippen LogP contribution in [0.2, 0.25) is 0 Å². The summed E-state index contributed by atoms with van der Waals surface area (Å²) in [5.74, 6) is -0.421. The molecule has 1 unspecified atom stereocenters. The maximum atomic E-state index is 12.2. The van der Waals surface area contributed by atoms with Gasteiger partial charge < -0.3 is 5.11 Å². The van der Waals surface area contributed by atoms with Crippen molar-refractivity contribution in [2.45, 2.75) is 45.6 Å². The number of rotatable bonds is 1. The van der Waals surface area contributed by atoms with Gasteiger partial charge in [-0.15, -0.1) is 0 Å². The molecule has 0 aliphatic heterocycles. The molecule has 1 aromatic carbocycles. The van der Waals surface area contributed by atoms with Gasteiger partial charge in [-0.2, -0.15) is 0 Å². The van der Waals surface area contributed by atoms with Crippen molar-refractivity contribution in [2.75, 3.05) is 0 Å². The molecule has 0 saturated heterocycles. The van der Waals surface area contributed by atoms with Gasteiger partial charge >= 0.3 is 0 Å². The highest BCUT2D eigenvalue weighted by Crippen LogP contribution is 2.54. The number of carbonyl (C=O) groups excluding carboxylic acids is 2. The number of Topliss-reactive ketones (excluding diaryl/α,β-unsaturated/α-hetero) is 2. The summed E-state index contributed by atoms with van der Waals surface area (Å²) in [6.07, 6.45) is 1.39. The molecule has 1 aromatic rings. The molecule has 2 aliphatic carbocycles. The third-order valence-electron chi connectivity index (χ3n) is 5.36. The van der Waals surface area contributed by atoms with Crippen molar-refractivity contribution in [3.8, 4) is 0 Å². The van der Waals surface area contributed by atoms with Crippen molar-refractivity contribution in [2.24, 2.45) is 5.41 Å². The molecule has 1 N–H and O–H groups in total. The fourth-order valence-electron chi connectivity index (χ4n) is 4.14. The minimum atomic E-state index is -1.12. The first-order valence-corrected chi connectivity index (χ1v) is 7.33. The molecule has 0 bridgehead atoms. The topological polar surface area (TPSA) is 54.4 Å². The third kappa shape index (κ3) is 1.84. The van der Waals surface area contributed by atoms with Crippen LogP contribution in [-0.2, 0) is 22.4 Å². The predicted octanol–water partition coefficient (Wildman–Crippen LogP) is 2.40. The van der Waals surface area contributed by atoms with Gasteiger partial charge in [0.15, 0.2) is 11.6 Å². The first-order chi connectivity index (χ1) is 9.78. The van der Waals surface area contributed by atoms with E-state index in [0.29, 0.717) is 18.4 Å². The monoisotopic (exact) mass is 284 g/mol. The van der Waals surface area contributed by atoms with Crippen LogP contribution in [0.4, 0.5) is 0 Å². The second-order valence-electron chi connectivity index (χ2n) is 6.63. The van der Waals surface area contributed by atoms with E-state index in [2.05, 4.69) is 12.1 Å². The standard InChI is InChI=1S/C18H20O3/c1-11-16(12(2)19)15(20)10-17(3,21)18(11)8-13-6-4-5-7-14(13)9-18/h4-7,21H,8-10H2,1-3H3. The van der Waals surface area contributed by atoms with E-state index in [1.807, 2.05) is 19.1 Å². The lowest BCUT2D eigenvalue weighted by atomic mass is 9.59. The van der Waals surface area contributed by atoms with Crippen molar-refractivity contribution in [1.29, 1.82) is 0 Å². The smallest absolute Gasteiger partial charge is 0.169 e. The van der Waals surface area contributed by atoms with Crippen LogP contribution in [0, 0.1) is 5.41 Å². The molecule has 3 rings (SSSR count). The third-order valence-corrected chi connectivity index (χ3v) is 5.36. The predicted molar refractivity (Wildman–Crippen MR) is 79.9 cm³/mol. The molecule has 21 heavy (non-hydrogen) atoms. The lowest BCUT2D eigenvalue weighted by Gasteiger charge is -2.47. The Kier molecular flexibility index (Phi) is 2.96. The van der Waals surface area contributed by atoms with E-state index in [0.717, 1.165) is 5.57 Å². The summed E-state index contributed by atoms with van der Waals surface area (Å²) < 4.78 is 0. The summed E-state index contributed by atoms with van der Waals surface area (Å²) in [5.41, 5.74) is 1.81. The molecule has 0 saturated carbocycles. The van der Waals surface area contributed by atoms with Crippen LogP contribution < -0.4 is 0 Å². The van der Waals surface area contributed by atoms with Crippen molar-refractivity contribution in [3.63, 3.8) is 0 Å². The maximum Gasteiger partial charge on any atom is 0.169 e. The van der Waals surface area contributed by atoms with Gasteiger partial charge in [-0.1, -0.05) is 24.3 Å². The Morgan fingerprint density at radius 2 is 1.67 bits per heavy atom. The van der Waals surface area contributed by atoms with Crippen LogP contribution >= 0.6 is 0 Å². The van der Waals surface area contributed by atoms with Crippen molar-refractivity contribution < 1.29 is 14.7 Å². The van der Waals surface area contributed by atoms with Gasteiger partial charge in [0.05, 0.1) is 11.2 Å². The molecule has 0 heterocycles. The van der Waals surface area contributed by atoms with Gasteiger partial charge in [0.2, 0.25) is 0 Å². The van der Waals surface area contributed by atoms with Gasteiger partial charge in [-0.05, 0) is 50.3 Å². The molecule has 3 heteroatoms. The SMILES string of the molecule is CC(=O)C1=C(C)C2(Cc3ccccc3C2)C(C)(O)CC1=O. The Morgan fingerprint density at radius 1 is 1.14 bits per heavy atom. The number of fused-ring (bicyclic) bond motifs is 1. The summed E-state index contributed by atoms with van der Waals surface area (Å²) in [6.45, 7) is 5.01. The van der Waals surface area contributed by atoms with E-state index < -0.39 is 11.0 Å². The molecule has 110 valence electrons. The lowest BCUT2D eigenvalue weighted by molar-refractivity contribution is -0.131. The molecule has 3 nitrogen and oxygen atoms in total. The van der Waals surface area contributed by atoms with Crippen LogP contribution in [0.15, 0.2) is 35.4 Å². The van der Waals surface area contributed by atoms with Gasteiger partial charge in [0.1, 0.15) is 0 Å². The molecule has 0 fully saturated rings. The Morgan fingerprint density at radius 3 is 2.14 bits per heavy atom. The summed E-state index contributed by atoms with van der Waals surface area (Å²) >= 11 is 0. The zero-order chi connectivity index (χ0) is 15.4. The zero-order valence-corrected chi connectivity index (χ0v) is 12.7. The van der Waals surface area contributed by atoms with E-state index >= 15 is 0 Å². The second kappa shape index (κ2) is 4.38. The van der Waals surface area contributed by atoms with Gasteiger partial charge in [0, 0.05) is 11.8 Å². The van der Waals surface area contributed by atoms with E-state index in [1.165, 1.54) is 18.1 Å². The molecule has 0 amide bonds. The van der Waals surface area contributed by atoms with Gasteiger partial charge in [-0.25, -0.2) is 0 Å². The first kappa shape index (κ1) is 14.2. The first-order valence-electron chi connectivity index (χ1n) is 7.33. The summed E-state index contributed by atoms with van der Waals surface area (Å²) in [4.78, 5) is 24.1. The van der Waals surface area contributed by atoms with E-state index in [9.17, 15) is 14.7 Å². The number of ketones is 2. The van der Waals surface area contributed by atoms with E-state index in [-0.39, 0.29) is 18.0 Å². The molecular weight excluding hydrogens is 264 g/mol. The minimum Gasteiger partial charge on any atom is -0.389 e. The fourth-order valence-corrected chi connectivity index (χ4v) is 4.14. The van der Waals surface area contributed by atoms with Crippen LogP contribution in [-0.4, -0.2) is 22.3 Å². The normalized spacial score (nSPS) is 27.1. The Balaban J connectivity index is 2.21. The minimum absolute atomic E-state index is 0.0211. The summed E-state index contributed by atoms with van der Waals surface area (Å²) in [5, 5.41) is 11.0. The van der Waals surface area contributed by atoms with Crippen molar-refractivity contribution >= 4 is 11.6 Å². The molecule has 1 spiro atoms. The van der Waals surface area contributed by atoms with Crippen molar-refractivity contribution in [3.05, 3.63) is 46.5 Å². The van der Waals surface area contributed by atoms with E-state index in [4.69, 9.17) is 0 Å². The zero-order valence-electron chi connectivity index (χ0n) is 12.7. The Labute approximate surface area is 124 Å². The highest BCUT2D eigenvalue weighted by Gasteiger charge is 2.56. The van der Waals surface area contributed by atoms with Crippen molar-refractivity contribution in [1.82, 2.24) is 0 Å².